The summed E-state index contributed by atoms with van der Waals surface area (Å²) < 4.78 is 31.7. The molecule has 0 fully saturated rings. The van der Waals surface area contributed by atoms with E-state index in [0.29, 0.717) is 0 Å². The van der Waals surface area contributed by atoms with E-state index in [1.807, 2.05) is 36.7 Å². The first-order chi connectivity index (χ1) is 8.41. The third-order valence-corrected chi connectivity index (χ3v) is 1.80. The zero-order chi connectivity index (χ0) is 13.6. The van der Waals surface area contributed by atoms with Gasteiger partial charge in [0.05, 0.1) is 5.69 Å². The van der Waals surface area contributed by atoms with Crippen molar-refractivity contribution in [3.05, 3.63) is 42.9 Å². The van der Waals surface area contributed by atoms with Gasteiger partial charge in [-0.25, -0.2) is 4.79 Å². The molecular formula is C11H9F3N2O2. The lowest BCUT2D eigenvalue weighted by Gasteiger charge is -1.93. The number of pyridine rings is 1. The summed E-state index contributed by atoms with van der Waals surface area (Å²) in [4.78, 5) is 16.1. The van der Waals surface area contributed by atoms with E-state index in [-0.39, 0.29) is 0 Å². The van der Waals surface area contributed by atoms with Crippen molar-refractivity contribution in [1.29, 1.82) is 0 Å². The first-order valence-corrected chi connectivity index (χ1v) is 4.75. The molecule has 0 aliphatic carbocycles. The highest BCUT2D eigenvalue weighted by atomic mass is 19.4. The molecule has 0 amide bonds. The predicted octanol–water partition coefficient (Wildman–Crippen LogP) is 2.71. The van der Waals surface area contributed by atoms with Gasteiger partial charge in [-0.3, -0.25) is 4.98 Å². The number of carbonyl (C=O) groups is 1. The SMILES string of the molecule is O=C(O)C(F)(F)F.c1ccc(-c2cc[nH]c2)nc1. The highest BCUT2D eigenvalue weighted by Gasteiger charge is 2.38. The molecule has 0 aromatic carbocycles. The molecule has 0 saturated heterocycles. The van der Waals surface area contributed by atoms with Crippen LogP contribution in [0.3, 0.4) is 0 Å². The molecule has 0 bridgehead atoms. The largest absolute Gasteiger partial charge is 0.490 e. The zero-order valence-corrected chi connectivity index (χ0v) is 8.98. The van der Waals surface area contributed by atoms with Crippen molar-refractivity contribution in [3.8, 4) is 11.3 Å². The van der Waals surface area contributed by atoms with Crippen LogP contribution < -0.4 is 0 Å². The highest BCUT2D eigenvalue weighted by Crippen LogP contribution is 2.14. The number of rotatable bonds is 1. The number of hydrogen-bond donors (Lipinski definition) is 2. The number of halogens is 3. The van der Waals surface area contributed by atoms with Crippen LogP contribution in [0.5, 0.6) is 0 Å². The Hall–Kier alpha value is -2.31. The van der Waals surface area contributed by atoms with Crippen molar-refractivity contribution in [2.45, 2.75) is 6.18 Å². The van der Waals surface area contributed by atoms with Crippen LogP contribution in [0.1, 0.15) is 0 Å². The van der Waals surface area contributed by atoms with E-state index in [2.05, 4.69) is 9.97 Å². The molecule has 0 saturated carbocycles. The predicted molar refractivity (Wildman–Crippen MR) is 57.7 cm³/mol. The van der Waals surface area contributed by atoms with Gasteiger partial charge in [0.25, 0.3) is 0 Å². The van der Waals surface area contributed by atoms with Crippen LogP contribution in [-0.2, 0) is 4.79 Å². The molecule has 2 heterocycles. The Bertz CT molecular complexity index is 481. The van der Waals surface area contributed by atoms with Gasteiger partial charge in [-0.2, -0.15) is 13.2 Å². The van der Waals surface area contributed by atoms with Crippen molar-refractivity contribution in [1.82, 2.24) is 9.97 Å². The molecule has 0 aliphatic heterocycles. The summed E-state index contributed by atoms with van der Waals surface area (Å²) in [6.45, 7) is 0. The average Bonchev–Trinajstić information content (AvgIpc) is 2.83. The molecule has 0 aliphatic rings. The van der Waals surface area contributed by atoms with E-state index in [1.165, 1.54) is 0 Å². The summed E-state index contributed by atoms with van der Waals surface area (Å²) in [6, 6.07) is 7.89. The number of aromatic amines is 1. The van der Waals surface area contributed by atoms with Crippen LogP contribution in [0, 0.1) is 0 Å². The van der Waals surface area contributed by atoms with Crippen LogP contribution in [0.15, 0.2) is 42.9 Å². The van der Waals surface area contributed by atoms with Crippen LogP contribution >= 0.6 is 0 Å². The normalized spacial score (nSPS) is 10.4. The molecule has 18 heavy (non-hydrogen) atoms. The standard InChI is InChI=1S/C9H8N2.C2HF3O2/c1-2-5-11-9(3-1)8-4-6-10-7-8;3-2(4,5)1(6)7/h1-7,10H;(H,6,7). The minimum Gasteiger partial charge on any atom is -0.475 e. The fourth-order valence-corrected chi connectivity index (χ4v) is 1.02. The number of aromatic nitrogens is 2. The lowest BCUT2D eigenvalue weighted by atomic mass is 10.2. The molecule has 2 rings (SSSR count). The minimum absolute atomic E-state index is 1.01. The molecule has 2 aromatic heterocycles. The summed E-state index contributed by atoms with van der Waals surface area (Å²) in [5.41, 5.74) is 2.14. The zero-order valence-electron chi connectivity index (χ0n) is 8.98. The van der Waals surface area contributed by atoms with E-state index in [4.69, 9.17) is 9.90 Å². The number of hydrogen-bond acceptors (Lipinski definition) is 2. The Morgan fingerprint density at radius 1 is 1.28 bits per heavy atom. The van der Waals surface area contributed by atoms with Gasteiger partial charge in [0.2, 0.25) is 0 Å². The van der Waals surface area contributed by atoms with E-state index in [1.54, 1.807) is 6.20 Å². The van der Waals surface area contributed by atoms with E-state index in [9.17, 15) is 13.2 Å². The Morgan fingerprint density at radius 3 is 2.33 bits per heavy atom. The first-order valence-electron chi connectivity index (χ1n) is 4.75. The quantitative estimate of drug-likeness (QED) is 0.826. The summed E-state index contributed by atoms with van der Waals surface area (Å²) in [6.07, 6.45) is 0.536. The van der Waals surface area contributed by atoms with Crippen LogP contribution in [0.4, 0.5) is 13.2 Å². The topological polar surface area (TPSA) is 66.0 Å². The molecule has 0 unspecified atom stereocenters. The summed E-state index contributed by atoms with van der Waals surface area (Å²) in [7, 11) is 0. The van der Waals surface area contributed by atoms with E-state index < -0.39 is 12.1 Å². The molecule has 2 aromatic rings. The highest BCUT2D eigenvalue weighted by molar-refractivity contribution is 5.73. The van der Waals surface area contributed by atoms with Crippen molar-refractivity contribution in [2.24, 2.45) is 0 Å². The molecule has 96 valence electrons. The first kappa shape index (κ1) is 13.8. The Labute approximate surface area is 100 Å². The smallest absolute Gasteiger partial charge is 0.475 e. The van der Waals surface area contributed by atoms with Gasteiger partial charge >= 0.3 is 12.1 Å². The number of nitrogens with zero attached hydrogens (tertiary/aromatic N) is 1. The third-order valence-electron chi connectivity index (χ3n) is 1.80. The third kappa shape index (κ3) is 4.28. The molecule has 0 spiro atoms. The second-order valence-electron chi connectivity index (χ2n) is 3.12. The maximum absolute atomic E-state index is 10.6. The fraction of sp³-hybridized carbons (Fsp3) is 0.0909. The molecule has 2 N–H and O–H groups in total. The molecule has 0 atom stereocenters. The summed E-state index contributed by atoms with van der Waals surface area (Å²) in [5, 5.41) is 7.12. The maximum atomic E-state index is 10.6. The van der Waals surface area contributed by atoms with Gasteiger partial charge in [0.1, 0.15) is 0 Å². The lowest BCUT2D eigenvalue weighted by molar-refractivity contribution is -0.192. The number of H-pyrrole nitrogens is 1. The minimum atomic E-state index is -5.08. The lowest BCUT2D eigenvalue weighted by Crippen LogP contribution is -2.21. The van der Waals surface area contributed by atoms with E-state index in [0.717, 1.165) is 11.3 Å². The number of nitrogens with one attached hydrogen (secondary N) is 1. The number of alkyl halides is 3. The molecule has 4 nitrogen and oxygen atoms in total. The van der Waals surface area contributed by atoms with Gasteiger partial charge in [0, 0.05) is 24.2 Å². The Kier molecular flexibility index (Phi) is 4.47. The number of aliphatic carboxylic acids is 1. The Morgan fingerprint density at radius 2 is 1.94 bits per heavy atom. The van der Waals surface area contributed by atoms with Gasteiger partial charge in [0.15, 0.2) is 0 Å². The number of carboxylic acids is 1. The fourth-order valence-electron chi connectivity index (χ4n) is 1.02. The van der Waals surface area contributed by atoms with Crippen LogP contribution in [0.25, 0.3) is 11.3 Å². The summed E-state index contributed by atoms with van der Waals surface area (Å²) >= 11 is 0. The van der Waals surface area contributed by atoms with E-state index >= 15 is 0 Å². The van der Waals surface area contributed by atoms with Gasteiger partial charge in [-0.1, -0.05) is 6.07 Å². The van der Waals surface area contributed by atoms with Gasteiger partial charge in [-0.05, 0) is 18.2 Å². The Balaban J connectivity index is 0.000000203. The van der Waals surface area contributed by atoms with Crippen molar-refractivity contribution >= 4 is 5.97 Å². The molecular weight excluding hydrogens is 249 g/mol. The molecule has 0 radical (unpaired) electrons. The second-order valence-corrected chi connectivity index (χ2v) is 3.12. The number of carboxylic acid groups (broad SMARTS) is 1. The van der Waals surface area contributed by atoms with Crippen LogP contribution in [0.2, 0.25) is 0 Å². The van der Waals surface area contributed by atoms with Crippen molar-refractivity contribution in [2.75, 3.05) is 0 Å². The van der Waals surface area contributed by atoms with Gasteiger partial charge < -0.3 is 10.1 Å². The molecule has 7 heteroatoms. The van der Waals surface area contributed by atoms with Crippen LogP contribution in [-0.4, -0.2) is 27.2 Å². The maximum Gasteiger partial charge on any atom is 0.490 e. The van der Waals surface area contributed by atoms with Gasteiger partial charge in [-0.15, -0.1) is 0 Å². The summed E-state index contributed by atoms with van der Waals surface area (Å²) in [5.74, 6) is -2.76. The second kappa shape index (κ2) is 5.85. The average molecular weight is 258 g/mol. The van der Waals surface area contributed by atoms with Crippen molar-refractivity contribution in [3.63, 3.8) is 0 Å². The monoisotopic (exact) mass is 258 g/mol. The van der Waals surface area contributed by atoms with Crippen molar-refractivity contribution < 1.29 is 23.1 Å².